The molecule has 1 aliphatic rings. The molecule has 0 saturated carbocycles. The first-order chi connectivity index (χ1) is 14.1. The fourth-order valence-electron chi connectivity index (χ4n) is 3.79. The van der Waals surface area contributed by atoms with E-state index >= 15 is 0 Å². The fourth-order valence-corrected chi connectivity index (χ4v) is 3.79. The highest BCUT2D eigenvalue weighted by Crippen LogP contribution is 2.26. The highest BCUT2D eigenvalue weighted by Gasteiger charge is 2.28. The summed E-state index contributed by atoms with van der Waals surface area (Å²) in [5.41, 5.74) is 2.08. The second kappa shape index (κ2) is 7.95. The predicted molar refractivity (Wildman–Crippen MR) is 110 cm³/mol. The second-order valence-corrected chi connectivity index (χ2v) is 7.33. The van der Waals surface area contributed by atoms with Gasteiger partial charge in [0.15, 0.2) is 0 Å². The van der Waals surface area contributed by atoms with Gasteiger partial charge in [0.25, 0.3) is 5.91 Å². The van der Waals surface area contributed by atoms with Crippen LogP contribution in [0.4, 0.5) is 0 Å². The molecule has 150 valence electrons. The van der Waals surface area contributed by atoms with Gasteiger partial charge in [0.2, 0.25) is 0 Å². The zero-order valence-electron chi connectivity index (χ0n) is 16.6. The maximum atomic E-state index is 13.0. The molecule has 0 aliphatic carbocycles. The number of carbonyl (C=O) groups is 1. The molecule has 1 atom stereocenters. The predicted octanol–water partition coefficient (Wildman–Crippen LogP) is 2.90. The molecule has 0 spiro atoms. The molecule has 1 N–H and O–H groups in total. The van der Waals surface area contributed by atoms with E-state index in [1.807, 2.05) is 36.1 Å². The smallest absolute Gasteiger partial charge is 0.348 e. The summed E-state index contributed by atoms with van der Waals surface area (Å²) in [6, 6.07) is 14.8. The number of aromatic nitrogens is 3. The zero-order valence-corrected chi connectivity index (χ0v) is 16.6. The standard InChI is InChI=1S/C22H24N4O3/c1-15-6-3-4-8-19(15)21(27)25-13-5-7-16(14-25)20-23-22(28)26(24-20)17-9-11-18(29-2)12-10-17/h3-4,6,8-12,16H,5,7,13-14H2,1-2H3,(H,23,24,28). The Kier molecular flexibility index (Phi) is 5.20. The number of aryl methyl sites for hydroxylation is 1. The Bertz CT molecular complexity index is 1070. The van der Waals surface area contributed by atoms with Gasteiger partial charge in [-0.25, -0.2) is 4.79 Å². The SMILES string of the molecule is COc1ccc(-n2nc(C3CCCN(C(=O)c4ccccc4C)C3)[nH]c2=O)cc1. The number of piperidine rings is 1. The Morgan fingerprint density at radius 3 is 2.66 bits per heavy atom. The lowest BCUT2D eigenvalue weighted by Gasteiger charge is -2.32. The molecule has 1 amide bonds. The molecule has 2 aromatic carbocycles. The number of aromatic amines is 1. The lowest BCUT2D eigenvalue weighted by Crippen LogP contribution is -2.39. The summed E-state index contributed by atoms with van der Waals surface area (Å²) in [5.74, 6) is 1.37. The van der Waals surface area contributed by atoms with E-state index in [0.717, 1.165) is 29.7 Å². The van der Waals surface area contributed by atoms with Crippen LogP contribution in [0.1, 0.15) is 40.5 Å². The first-order valence-corrected chi connectivity index (χ1v) is 9.75. The van der Waals surface area contributed by atoms with Gasteiger partial charge < -0.3 is 9.64 Å². The van der Waals surface area contributed by atoms with E-state index in [4.69, 9.17) is 4.74 Å². The molecule has 2 heterocycles. The quantitative estimate of drug-likeness (QED) is 0.740. The number of H-pyrrole nitrogens is 1. The van der Waals surface area contributed by atoms with Gasteiger partial charge in [0.05, 0.1) is 12.8 Å². The summed E-state index contributed by atoms with van der Waals surface area (Å²) in [5, 5.41) is 4.51. The van der Waals surface area contributed by atoms with Crippen molar-refractivity contribution in [3.63, 3.8) is 0 Å². The summed E-state index contributed by atoms with van der Waals surface area (Å²) in [6.45, 7) is 3.21. The van der Waals surface area contributed by atoms with Gasteiger partial charge in [-0.3, -0.25) is 9.78 Å². The van der Waals surface area contributed by atoms with Crippen LogP contribution >= 0.6 is 0 Å². The van der Waals surface area contributed by atoms with Gasteiger partial charge in [-0.1, -0.05) is 18.2 Å². The molecule has 1 unspecified atom stereocenters. The number of nitrogens with zero attached hydrogens (tertiary/aromatic N) is 3. The van der Waals surface area contributed by atoms with Crippen molar-refractivity contribution in [2.24, 2.45) is 0 Å². The fraction of sp³-hybridized carbons (Fsp3) is 0.318. The Hall–Kier alpha value is -3.35. The van der Waals surface area contributed by atoms with Crippen molar-refractivity contribution in [3.05, 3.63) is 76.0 Å². The van der Waals surface area contributed by atoms with Crippen molar-refractivity contribution in [2.75, 3.05) is 20.2 Å². The maximum absolute atomic E-state index is 13.0. The first kappa shape index (κ1) is 19.0. The minimum atomic E-state index is -0.285. The number of ether oxygens (including phenoxy) is 1. The summed E-state index contributed by atoms with van der Waals surface area (Å²) in [6.07, 6.45) is 1.76. The minimum Gasteiger partial charge on any atom is -0.497 e. The number of methoxy groups -OCH3 is 1. The Morgan fingerprint density at radius 2 is 1.93 bits per heavy atom. The number of hydrogen-bond acceptors (Lipinski definition) is 4. The molecular weight excluding hydrogens is 368 g/mol. The molecule has 7 heteroatoms. The summed E-state index contributed by atoms with van der Waals surface area (Å²) >= 11 is 0. The van der Waals surface area contributed by atoms with Gasteiger partial charge in [-0.15, -0.1) is 5.10 Å². The molecular formula is C22H24N4O3. The topological polar surface area (TPSA) is 80.2 Å². The van der Waals surface area contributed by atoms with Crippen molar-refractivity contribution >= 4 is 5.91 Å². The number of nitrogens with one attached hydrogen (secondary N) is 1. The lowest BCUT2D eigenvalue weighted by molar-refractivity contribution is 0.0704. The molecule has 3 aromatic rings. The first-order valence-electron chi connectivity index (χ1n) is 9.75. The third-order valence-electron chi connectivity index (χ3n) is 5.42. The molecule has 29 heavy (non-hydrogen) atoms. The summed E-state index contributed by atoms with van der Waals surface area (Å²) < 4.78 is 6.52. The Labute approximate surface area is 168 Å². The van der Waals surface area contributed by atoms with E-state index in [1.54, 1.807) is 31.4 Å². The van der Waals surface area contributed by atoms with Gasteiger partial charge in [-0.2, -0.15) is 4.68 Å². The summed E-state index contributed by atoms with van der Waals surface area (Å²) in [7, 11) is 1.60. The average molecular weight is 392 g/mol. The maximum Gasteiger partial charge on any atom is 0.348 e. The van der Waals surface area contributed by atoms with Crippen LogP contribution in [-0.4, -0.2) is 45.8 Å². The van der Waals surface area contributed by atoms with Crippen LogP contribution in [0.3, 0.4) is 0 Å². The Morgan fingerprint density at radius 1 is 1.17 bits per heavy atom. The third-order valence-corrected chi connectivity index (χ3v) is 5.42. The van der Waals surface area contributed by atoms with E-state index in [1.165, 1.54) is 4.68 Å². The molecule has 4 rings (SSSR count). The molecule has 0 radical (unpaired) electrons. The number of likely N-dealkylation sites (tertiary alicyclic amines) is 1. The lowest BCUT2D eigenvalue weighted by atomic mass is 9.96. The monoisotopic (exact) mass is 392 g/mol. The van der Waals surface area contributed by atoms with E-state index in [9.17, 15) is 9.59 Å². The van der Waals surface area contributed by atoms with Crippen LogP contribution in [0, 0.1) is 6.92 Å². The normalized spacial score (nSPS) is 16.6. The molecule has 1 aromatic heterocycles. The van der Waals surface area contributed by atoms with Crippen LogP contribution in [0.5, 0.6) is 5.75 Å². The highest BCUT2D eigenvalue weighted by molar-refractivity contribution is 5.95. The van der Waals surface area contributed by atoms with E-state index in [2.05, 4.69) is 10.1 Å². The largest absolute Gasteiger partial charge is 0.497 e. The van der Waals surface area contributed by atoms with E-state index in [0.29, 0.717) is 24.6 Å². The van der Waals surface area contributed by atoms with Crippen molar-refractivity contribution in [3.8, 4) is 11.4 Å². The van der Waals surface area contributed by atoms with Gasteiger partial charge >= 0.3 is 5.69 Å². The van der Waals surface area contributed by atoms with Crippen molar-refractivity contribution in [1.82, 2.24) is 19.7 Å². The van der Waals surface area contributed by atoms with Crippen LogP contribution in [0.2, 0.25) is 0 Å². The molecule has 0 bridgehead atoms. The minimum absolute atomic E-state index is 0.00363. The van der Waals surface area contributed by atoms with Crippen molar-refractivity contribution < 1.29 is 9.53 Å². The van der Waals surface area contributed by atoms with Gasteiger partial charge in [0, 0.05) is 24.6 Å². The number of hydrogen-bond donors (Lipinski definition) is 1. The molecule has 1 aliphatic heterocycles. The number of benzene rings is 2. The molecule has 7 nitrogen and oxygen atoms in total. The highest BCUT2D eigenvalue weighted by atomic mass is 16.5. The van der Waals surface area contributed by atoms with Crippen LogP contribution in [0.25, 0.3) is 5.69 Å². The van der Waals surface area contributed by atoms with Gasteiger partial charge in [0.1, 0.15) is 11.6 Å². The Balaban J connectivity index is 1.55. The molecule has 1 saturated heterocycles. The number of amides is 1. The van der Waals surface area contributed by atoms with Crippen LogP contribution in [-0.2, 0) is 0 Å². The van der Waals surface area contributed by atoms with E-state index < -0.39 is 0 Å². The van der Waals surface area contributed by atoms with E-state index in [-0.39, 0.29) is 17.5 Å². The number of rotatable bonds is 4. The zero-order chi connectivity index (χ0) is 20.4. The summed E-state index contributed by atoms with van der Waals surface area (Å²) in [4.78, 5) is 30.2. The molecule has 1 fully saturated rings. The average Bonchev–Trinajstić information content (AvgIpc) is 3.15. The van der Waals surface area contributed by atoms with Gasteiger partial charge in [-0.05, 0) is 55.7 Å². The van der Waals surface area contributed by atoms with Crippen molar-refractivity contribution in [2.45, 2.75) is 25.7 Å². The van der Waals surface area contributed by atoms with Crippen LogP contribution < -0.4 is 10.4 Å². The second-order valence-electron chi connectivity index (χ2n) is 7.33. The van der Waals surface area contributed by atoms with Crippen LogP contribution in [0.15, 0.2) is 53.3 Å². The number of carbonyl (C=O) groups excluding carboxylic acids is 1. The third kappa shape index (κ3) is 3.81. The van der Waals surface area contributed by atoms with Crippen molar-refractivity contribution in [1.29, 1.82) is 0 Å².